The molecule has 1 heterocycles. The molecule has 5 nitrogen and oxygen atoms in total. The maximum atomic E-state index is 13.3. The van der Waals surface area contributed by atoms with Crippen LogP contribution in [0.2, 0.25) is 0 Å². The van der Waals surface area contributed by atoms with Crippen LogP contribution >= 0.6 is 0 Å². The van der Waals surface area contributed by atoms with Crippen molar-refractivity contribution in [3.63, 3.8) is 0 Å². The van der Waals surface area contributed by atoms with Crippen LogP contribution in [0.1, 0.15) is 6.92 Å². The second kappa shape index (κ2) is 5.85. The number of nitrogens with zero attached hydrogens (tertiary/aromatic N) is 2. The minimum Gasteiger partial charge on any atom is -0.504 e. The highest BCUT2D eigenvalue weighted by Crippen LogP contribution is 2.31. The Morgan fingerprint density at radius 1 is 1.18 bits per heavy atom. The number of hydrogen-bond acceptors (Lipinski definition) is 4. The number of aromatic nitrogens is 3. The summed E-state index contributed by atoms with van der Waals surface area (Å²) in [7, 11) is 0. The Hall–Kier alpha value is -2.89. The highest BCUT2D eigenvalue weighted by atomic mass is 19.1. The van der Waals surface area contributed by atoms with Crippen molar-refractivity contribution in [3.8, 4) is 34.3 Å². The lowest BCUT2D eigenvalue weighted by atomic mass is 10.2. The van der Waals surface area contributed by atoms with Crippen LogP contribution in [0.4, 0.5) is 4.39 Å². The summed E-state index contributed by atoms with van der Waals surface area (Å²) in [5.41, 5.74) is 1.31. The van der Waals surface area contributed by atoms with E-state index in [1.807, 2.05) is 6.92 Å². The van der Waals surface area contributed by atoms with Gasteiger partial charge >= 0.3 is 0 Å². The van der Waals surface area contributed by atoms with E-state index in [-0.39, 0.29) is 11.6 Å². The molecular weight excluding hydrogens is 285 g/mol. The molecule has 0 amide bonds. The summed E-state index contributed by atoms with van der Waals surface area (Å²) in [5.74, 6) is 1.02. The molecule has 0 radical (unpaired) electrons. The number of aromatic hydroxyl groups is 1. The molecule has 0 aliphatic rings. The number of benzene rings is 2. The first-order valence-corrected chi connectivity index (χ1v) is 6.82. The van der Waals surface area contributed by atoms with Gasteiger partial charge in [-0.25, -0.2) is 9.37 Å². The maximum absolute atomic E-state index is 13.3. The Bertz CT molecular complexity index is 802. The van der Waals surface area contributed by atoms with Crippen LogP contribution in [-0.4, -0.2) is 26.9 Å². The third-order valence-corrected chi connectivity index (χ3v) is 3.10. The summed E-state index contributed by atoms with van der Waals surface area (Å²) in [6.07, 6.45) is 0. The van der Waals surface area contributed by atoms with Gasteiger partial charge in [0.2, 0.25) is 0 Å². The minimum atomic E-state index is -0.341. The van der Waals surface area contributed by atoms with Crippen LogP contribution in [0.15, 0.2) is 42.5 Å². The second-order valence-corrected chi connectivity index (χ2v) is 4.63. The van der Waals surface area contributed by atoms with E-state index in [1.165, 1.54) is 18.2 Å². The van der Waals surface area contributed by atoms with Gasteiger partial charge in [-0.2, -0.15) is 5.10 Å². The fourth-order valence-electron chi connectivity index (χ4n) is 2.08. The Morgan fingerprint density at radius 2 is 2.05 bits per heavy atom. The number of hydrogen-bond donors (Lipinski definition) is 2. The van der Waals surface area contributed by atoms with Gasteiger partial charge in [0.05, 0.1) is 6.61 Å². The average Bonchev–Trinajstić information content (AvgIpc) is 3.00. The van der Waals surface area contributed by atoms with Gasteiger partial charge in [0, 0.05) is 11.1 Å². The van der Waals surface area contributed by atoms with Gasteiger partial charge in [-0.3, -0.25) is 5.10 Å². The first kappa shape index (κ1) is 14.1. The lowest BCUT2D eigenvalue weighted by molar-refractivity contribution is 0.318. The van der Waals surface area contributed by atoms with Crippen molar-refractivity contribution in [2.24, 2.45) is 0 Å². The van der Waals surface area contributed by atoms with Crippen molar-refractivity contribution < 1.29 is 14.2 Å². The monoisotopic (exact) mass is 299 g/mol. The molecule has 0 saturated carbocycles. The van der Waals surface area contributed by atoms with Crippen molar-refractivity contribution in [1.29, 1.82) is 0 Å². The maximum Gasteiger partial charge on any atom is 0.181 e. The quantitative estimate of drug-likeness (QED) is 0.774. The number of ether oxygens (including phenoxy) is 1. The first-order chi connectivity index (χ1) is 10.7. The van der Waals surface area contributed by atoms with E-state index in [9.17, 15) is 9.50 Å². The zero-order chi connectivity index (χ0) is 15.5. The zero-order valence-electron chi connectivity index (χ0n) is 11.9. The van der Waals surface area contributed by atoms with Gasteiger partial charge in [-0.15, -0.1) is 0 Å². The fraction of sp³-hybridized carbons (Fsp3) is 0.125. The molecular formula is C16H14FN3O2. The molecule has 0 spiro atoms. The molecule has 0 atom stereocenters. The summed E-state index contributed by atoms with van der Waals surface area (Å²) in [5, 5.41) is 16.6. The summed E-state index contributed by atoms with van der Waals surface area (Å²) in [4.78, 5) is 4.35. The van der Waals surface area contributed by atoms with E-state index < -0.39 is 0 Å². The molecule has 6 heteroatoms. The van der Waals surface area contributed by atoms with Crippen LogP contribution in [-0.2, 0) is 0 Å². The molecule has 0 unspecified atom stereocenters. The molecule has 22 heavy (non-hydrogen) atoms. The van der Waals surface area contributed by atoms with E-state index in [4.69, 9.17) is 4.74 Å². The molecule has 1 aromatic heterocycles. The van der Waals surface area contributed by atoms with Crippen molar-refractivity contribution in [3.05, 3.63) is 48.3 Å². The molecule has 112 valence electrons. The minimum absolute atomic E-state index is 0.0652. The molecule has 0 aliphatic carbocycles. The topological polar surface area (TPSA) is 71.0 Å². The predicted octanol–water partition coefficient (Wildman–Crippen LogP) is 3.38. The molecule has 0 aliphatic heterocycles. The zero-order valence-corrected chi connectivity index (χ0v) is 11.9. The third-order valence-electron chi connectivity index (χ3n) is 3.10. The van der Waals surface area contributed by atoms with Gasteiger partial charge in [-0.1, -0.05) is 12.1 Å². The number of aromatic amines is 1. The van der Waals surface area contributed by atoms with Crippen LogP contribution in [0, 0.1) is 5.82 Å². The average molecular weight is 299 g/mol. The number of nitrogens with one attached hydrogen (secondary N) is 1. The van der Waals surface area contributed by atoms with E-state index >= 15 is 0 Å². The highest BCUT2D eigenvalue weighted by molar-refractivity contribution is 5.64. The standard InChI is InChI=1S/C16H14FN3O2/c1-2-22-14-9-11(6-7-13(14)21)16-18-15(19-20-16)10-4-3-5-12(17)8-10/h3-9,21H,2H2,1H3,(H,18,19,20). The molecule has 2 aromatic carbocycles. The van der Waals surface area contributed by atoms with Crippen molar-refractivity contribution in [1.82, 2.24) is 15.2 Å². The van der Waals surface area contributed by atoms with Crippen LogP contribution in [0.5, 0.6) is 11.5 Å². The summed E-state index contributed by atoms with van der Waals surface area (Å²) in [6, 6.07) is 11.0. The van der Waals surface area contributed by atoms with Crippen LogP contribution in [0.25, 0.3) is 22.8 Å². The highest BCUT2D eigenvalue weighted by Gasteiger charge is 2.11. The second-order valence-electron chi connectivity index (χ2n) is 4.63. The van der Waals surface area contributed by atoms with Gasteiger partial charge in [-0.05, 0) is 37.3 Å². The van der Waals surface area contributed by atoms with Gasteiger partial charge in [0.1, 0.15) is 5.82 Å². The molecule has 3 aromatic rings. The Kier molecular flexibility index (Phi) is 3.74. The number of phenolic OH excluding ortho intramolecular Hbond substituents is 1. The molecule has 3 rings (SSSR count). The number of rotatable bonds is 4. The van der Waals surface area contributed by atoms with Gasteiger partial charge in [0.15, 0.2) is 23.1 Å². The van der Waals surface area contributed by atoms with Crippen LogP contribution in [0.3, 0.4) is 0 Å². The van der Waals surface area contributed by atoms with Crippen molar-refractivity contribution >= 4 is 0 Å². The summed E-state index contributed by atoms with van der Waals surface area (Å²) < 4.78 is 18.6. The summed E-state index contributed by atoms with van der Waals surface area (Å²) in [6.45, 7) is 2.28. The van der Waals surface area contributed by atoms with Crippen LogP contribution < -0.4 is 4.74 Å². The van der Waals surface area contributed by atoms with E-state index in [1.54, 1.807) is 24.3 Å². The lowest BCUT2D eigenvalue weighted by Crippen LogP contribution is -1.92. The normalized spacial score (nSPS) is 10.6. The van der Waals surface area contributed by atoms with Gasteiger partial charge in [0.25, 0.3) is 0 Å². The molecule has 0 bridgehead atoms. The Balaban J connectivity index is 1.95. The van der Waals surface area contributed by atoms with Crippen molar-refractivity contribution in [2.45, 2.75) is 6.92 Å². The lowest BCUT2D eigenvalue weighted by Gasteiger charge is -2.06. The predicted molar refractivity (Wildman–Crippen MR) is 80.0 cm³/mol. The van der Waals surface area contributed by atoms with E-state index in [0.29, 0.717) is 29.6 Å². The number of H-pyrrole nitrogens is 1. The molecule has 2 N–H and O–H groups in total. The fourth-order valence-corrected chi connectivity index (χ4v) is 2.08. The Labute approximate surface area is 126 Å². The smallest absolute Gasteiger partial charge is 0.181 e. The van der Waals surface area contributed by atoms with Gasteiger partial charge < -0.3 is 9.84 Å². The SMILES string of the molecule is CCOc1cc(-c2nc(-c3cccc(F)c3)n[nH]2)ccc1O. The summed E-state index contributed by atoms with van der Waals surface area (Å²) >= 11 is 0. The molecule has 0 fully saturated rings. The van der Waals surface area contributed by atoms with E-state index in [0.717, 1.165) is 5.56 Å². The molecule has 0 saturated heterocycles. The third kappa shape index (κ3) is 2.76. The number of halogens is 1. The number of phenols is 1. The van der Waals surface area contributed by atoms with Crippen molar-refractivity contribution in [2.75, 3.05) is 6.61 Å². The largest absolute Gasteiger partial charge is 0.504 e. The first-order valence-electron chi connectivity index (χ1n) is 6.82. The Morgan fingerprint density at radius 3 is 2.82 bits per heavy atom. The van der Waals surface area contributed by atoms with E-state index in [2.05, 4.69) is 15.2 Å².